The lowest BCUT2D eigenvalue weighted by Gasteiger charge is -2.05. The van der Waals surface area contributed by atoms with E-state index in [1.165, 1.54) is 12.1 Å². The number of nitrogens with zero attached hydrogens (tertiary/aromatic N) is 1. The van der Waals surface area contributed by atoms with Crippen molar-refractivity contribution in [2.24, 2.45) is 5.16 Å². The van der Waals surface area contributed by atoms with Crippen molar-refractivity contribution in [1.29, 1.82) is 0 Å². The van der Waals surface area contributed by atoms with Crippen LogP contribution in [0, 0.1) is 5.82 Å². The minimum Gasteiger partial charge on any atom is -0.481 e. The van der Waals surface area contributed by atoms with Crippen LogP contribution in [0.25, 0.3) is 0 Å². The smallest absolute Gasteiger partial charge is 0.311 e. The highest BCUT2D eigenvalue weighted by atomic mass is 19.1. The van der Waals surface area contributed by atoms with Crippen molar-refractivity contribution in [3.63, 3.8) is 0 Å². The number of halogens is 1. The summed E-state index contributed by atoms with van der Waals surface area (Å²) in [4.78, 5) is 10.9. The van der Waals surface area contributed by atoms with Gasteiger partial charge < -0.3 is 10.3 Å². The van der Waals surface area contributed by atoms with E-state index in [1.54, 1.807) is 6.07 Å². The lowest BCUT2D eigenvalue weighted by molar-refractivity contribution is -0.138. The predicted octanol–water partition coefficient (Wildman–Crippen LogP) is 1.58. The molecular weight excluding hydrogens is 201 g/mol. The van der Waals surface area contributed by atoms with Crippen molar-refractivity contribution in [3.8, 4) is 0 Å². The number of hydrogen-bond donors (Lipinski definition) is 2. The second-order valence-electron chi connectivity index (χ2n) is 3.34. The molecule has 0 radical (unpaired) electrons. The minimum absolute atomic E-state index is 0.0299. The Morgan fingerprint density at radius 2 is 2.27 bits per heavy atom. The zero-order valence-corrected chi connectivity index (χ0v) is 7.64. The molecule has 1 aromatic rings. The van der Waals surface area contributed by atoms with Crippen LogP contribution in [0.15, 0.2) is 23.4 Å². The van der Waals surface area contributed by atoms with E-state index in [0.717, 1.165) is 0 Å². The van der Waals surface area contributed by atoms with Crippen molar-refractivity contribution in [2.45, 2.75) is 12.3 Å². The Bertz CT molecular complexity index is 456. The molecule has 4 nitrogen and oxygen atoms in total. The fourth-order valence-electron chi connectivity index (χ4n) is 1.85. The van der Waals surface area contributed by atoms with E-state index in [1.807, 2.05) is 0 Å². The van der Waals surface area contributed by atoms with Crippen LogP contribution in [0.5, 0.6) is 0 Å². The van der Waals surface area contributed by atoms with Crippen molar-refractivity contribution in [3.05, 3.63) is 35.1 Å². The number of carbonyl (C=O) groups is 1. The maximum atomic E-state index is 13.4. The molecule has 1 atom stereocenters. The van der Waals surface area contributed by atoms with Gasteiger partial charge in [0.1, 0.15) is 5.82 Å². The summed E-state index contributed by atoms with van der Waals surface area (Å²) < 4.78 is 13.4. The van der Waals surface area contributed by atoms with E-state index in [0.29, 0.717) is 5.56 Å². The molecular formula is C10H8FNO3. The van der Waals surface area contributed by atoms with E-state index in [9.17, 15) is 9.18 Å². The van der Waals surface area contributed by atoms with Crippen molar-refractivity contribution in [2.75, 3.05) is 0 Å². The zero-order chi connectivity index (χ0) is 11.0. The monoisotopic (exact) mass is 209 g/mol. The van der Waals surface area contributed by atoms with Crippen LogP contribution in [0.2, 0.25) is 0 Å². The molecule has 2 rings (SSSR count). The number of carboxylic acid groups (broad SMARTS) is 1. The summed E-state index contributed by atoms with van der Waals surface area (Å²) in [5.74, 6) is -2.63. The Balaban J connectivity index is 2.63. The highest BCUT2D eigenvalue weighted by Crippen LogP contribution is 2.35. The van der Waals surface area contributed by atoms with Gasteiger partial charge in [-0.25, -0.2) is 4.39 Å². The van der Waals surface area contributed by atoms with Crippen LogP contribution in [0.4, 0.5) is 4.39 Å². The summed E-state index contributed by atoms with van der Waals surface area (Å²) in [5.41, 5.74) is 0.708. The summed E-state index contributed by atoms with van der Waals surface area (Å²) in [7, 11) is 0. The molecule has 0 amide bonds. The van der Waals surface area contributed by atoms with Gasteiger partial charge >= 0.3 is 5.97 Å². The molecule has 0 saturated heterocycles. The Kier molecular flexibility index (Phi) is 2.15. The van der Waals surface area contributed by atoms with Gasteiger partial charge in [-0.15, -0.1) is 0 Å². The molecule has 0 aliphatic heterocycles. The van der Waals surface area contributed by atoms with Crippen LogP contribution in [0.3, 0.4) is 0 Å². The van der Waals surface area contributed by atoms with Crippen molar-refractivity contribution in [1.82, 2.24) is 0 Å². The highest BCUT2D eigenvalue weighted by molar-refractivity contribution is 6.08. The maximum absolute atomic E-state index is 13.4. The van der Waals surface area contributed by atoms with Crippen LogP contribution >= 0.6 is 0 Å². The molecule has 0 aromatic heterocycles. The van der Waals surface area contributed by atoms with Gasteiger partial charge in [-0.2, -0.15) is 0 Å². The molecule has 1 aliphatic carbocycles. The molecule has 78 valence electrons. The highest BCUT2D eigenvalue weighted by Gasteiger charge is 2.35. The fraction of sp³-hybridized carbons (Fsp3) is 0.200. The van der Waals surface area contributed by atoms with Crippen LogP contribution < -0.4 is 0 Å². The molecule has 15 heavy (non-hydrogen) atoms. The predicted molar refractivity (Wildman–Crippen MR) is 49.7 cm³/mol. The van der Waals surface area contributed by atoms with Crippen LogP contribution in [-0.4, -0.2) is 22.0 Å². The quantitative estimate of drug-likeness (QED) is 0.544. The SMILES string of the molecule is O=C(O)C1C/C(=N/O)c2cccc(F)c21. The molecule has 0 fully saturated rings. The Morgan fingerprint density at radius 1 is 1.53 bits per heavy atom. The van der Waals surface area contributed by atoms with Gasteiger partial charge in [-0.1, -0.05) is 17.3 Å². The molecule has 1 aliphatic rings. The number of rotatable bonds is 1. The third-order valence-corrected chi connectivity index (χ3v) is 2.53. The van der Waals surface area contributed by atoms with Gasteiger partial charge in [-0.3, -0.25) is 4.79 Å². The van der Waals surface area contributed by atoms with Gasteiger partial charge in [-0.05, 0) is 6.07 Å². The van der Waals surface area contributed by atoms with Gasteiger partial charge in [0.2, 0.25) is 0 Å². The summed E-state index contributed by atoms with van der Waals surface area (Å²) >= 11 is 0. The van der Waals surface area contributed by atoms with Crippen molar-refractivity contribution < 1.29 is 19.5 Å². The van der Waals surface area contributed by atoms with Crippen molar-refractivity contribution >= 4 is 11.7 Å². The number of aliphatic carboxylic acids is 1. The van der Waals surface area contributed by atoms with Gasteiger partial charge in [0.25, 0.3) is 0 Å². The van der Waals surface area contributed by atoms with Crippen LogP contribution in [0.1, 0.15) is 23.5 Å². The summed E-state index contributed by atoms with van der Waals surface area (Å²) in [6.45, 7) is 0. The topological polar surface area (TPSA) is 69.9 Å². The Morgan fingerprint density at radius 3 is 2.87 bits per heavy atom. The average molecular weight is 209 g/mol. The number of fused-ring (bicyclic) bond motifs is 1. The number of hydrogen-bond acceptors (Lipinski definition) is 3. The first kappa shape index (κ1) is 9.64. The molecule has 1 aromatic carbocycles. The largest absolute Gasteiger partial charge is 0.481 e. The molecule has 0 spiro atoms. The number of benzene rings is 1. The molecule has 5 heteroatoms. The third-order valence-electron chi connectivity index (χ3n) is 2.53. The lowest BCUT2D eigenvalue weighted by atomic mass is 10.0. The number of oxime groups is 1. The molecule has 0 saturated carbocycles. The maximum Gasteiger partial charge on any atom is 0.311 e. The standard InChI is InChI=1S/C10H8FNO3/c11-7-3-1-2-5-8(12-15)4-6(9(5)7)10(13)14/h1-3,6,15H,4H2,(H,13,14)/b12-8-. The van der Waals surface area contributed by atoms with E-state index in [4.69, 9.17) is 10.3 Å². The second-order valence-corrected chi connectivity index (χ2v) is 3.34. The average Bonchev–Trinajstić information content (AvgIpc) is 2.58. The van der Waals surface area contributed by atoms with E-state index in [-0.39, 0.29) is 17.7 Å². The fourth-order valence-corrected chi connectivity index (χ4v) is 1.85. The normalized spacial score (nSPS) is 21.7. The zero-order valence-electron chi connectivity index (χ0n) is 7.64. The number of carboxylic acids is 1. The first-order valence-corrected chi connectivity index (χ1v) is 4.37. The lowest BCUT2D eigenvalue weighted by Crippen LogP contribution is -2.09. The first-order chi connectivity index (χ1) is 7.15. The van der Waals surface area contributed by atoms with Gasteiger partial charge in [0.05, 0.1) is 11.6 Å². The summed E-state index contributed by atoms with van der Waals surface area (Å²) in [6, 6.07) is 4.22. The Hall–Kier alpha value is -1.91. The summed E-state index contributed by atoms with van der Waals surface area (Å²) in [6.07, 6.45) is 0.0299. The van der Waals surface area contributed by atoms with E-state index >= 15 is 0 Å². The van der Waals surface area contributed by atoms with E-state index < -0.39 is 17.7 Å². The first-order valence-electron chi connectivity index (χ1n) is 4.37. The summed E-state index contributed by atoms with van der Waals surface area (Å²) in [5, 5.41) is 20.6. The minimum atomic E-state index is -1.11. The second kappa shape index (κ2) is 3.34. The Labute approximate surface area is 84.7 Å². The van der Waals surface area contributed by atoms with E-state index in [2.05, 4.69) is 5.16 Å². The van der Waals surface area contributed by atoms with Gasteiger partial charge in [0.15, 0.2) is 0 Å². The molecule has 0 heterocycles. The third kappa shape index (κ3) is 1.36. The van der Waals surface area contributed by atoms with Gasteiger partial charge in [0, 0.05) is 17.5 Å². The van der Waals surface area contributed by atoms with Crippen LogP contribution in [-0.2, 0) is 4.79 Å². The molecule has 2 N–H and O–H groups in total. The molecule has 0 bridgehead atoms. The molecule has 1 unspecified atom stereocenters.